The van der Waals surface area contributed by atoms with Crippen molar-refractivity contribution in [2.24, 2.45) is 0 Å². The Bertz CT molecular complexity index is 286. The molecule has 16 heavy (non-hydrogen) atoms. The normalized spacial score (nSPS) is 17.2. The molecular weight excluding hydrogens is 204 g/mol. The second-order valence-corrected chi connectivity index (χ2v) is 3.75. The summed E-state index contributed by atoms with van der Waals surface area (Å²) in [5, 5.41) is 0. The highest BCUT2D eigenvalue weighted by Crippen LogP contribution is 2.04. The molecule has 2 rings (SSSR count). The first-order chi connectivity index (χ1) is 7.95. The Morgan fingerprint density at radius 3 is 3.06 bits per heavy atom. The van der Waals surface area contributed by atoms with Gasteiger partial charge in [-0.2, -0.15) is 0 Å². The molecule has 0 amide bonds. The van der Waals surface area contributed by atoms with E-state index in [0.717, 1.165) is 39.3 Å². The molecule has 2 heterocycles. The van der Waals surface area contributed by atoms with Gasteiger partial charge in [-0.3, -0.25) is 4.90 Å². The van der Waals surface area contributed by atoms with Gasteiger partial charge in [-0.15, -0.1) is 0 Å². The summed E-state index contributed by atoms with van der Waals surface area (Å²) in [4.78, 5) is 6.45. The third-order valence-electron chi connectivity index (χ3n) is 2.56. The van der Waals surface area contributed by atoms with Gasteiger partial charge in [-0.05, 0) is 12.5 Å². The lowest BCUT2D eigenvalue weighted by molar-refractivity contribution is 0.0357. The average molecular weight is 221 g/mol. The van der Waals surface area contributed by atoms with Crippen LogP contribution >= 0.6 is 0 Å². The van der Waals surface area contributed by atoms with Crippen LogP contribution in [0.5, 0.6) is 5.88 Å². The molecule has 1 radical (unpaired) electrons. The average Bonchev–Trinajstić information content (AvgIpc) is 2.37. The molecule has 1 aromatic rings. The molecule has 0 bridgehead atoms. The molecule has 0 N–H and O–H groups in total. The Balaban J connectivity index is 1.58. The summed E-state index contributed by atoms with van der Waals surface area (Å²) in [6.07, 6.45) is 2.65. The van der Waals surface area contributed by atoms with Crippen LogP contribution in [0.2, 0.25) is 0 Å². The lowest BCUT2D eigenvalue weighted by Crippen LogP contribution is -2.37. The van der Waals surface area contributed by atoms with Gasteiger partial charge in [0.25, 0.3) is 0 Å². The summed E-state index contributed by atoms with van der Waals surface area (Å²) < 4.78 is 10.8. The first-order valence-electron chi connectivity index (χ1n) is 5.70. The zero-order chi connectivity index (χ0) is 11.1. The van der Waals surface area contributed by atoms with Crippen molar-refractivity contribution in [2.45, 2.75) is 6.42 Å². The second-order valence-electron chi connectivity index (χ2n) is 3.75. The standard InChI is InChI=1S/C12H17N2O2/c1-2-5-13-12(4-1)16-9-3-6-14-7-10-15-11-8-14/h1,4-5H,3,6-11H2. The first kappa shape index (κ1) is 11.4. The van der Waals surface area contributed by atoms with Crippen molar-refractivity contribution in [1.29, 1.82) is 0 Å². The van der Waals surface area contributed by atoms with E-state index >= 15 is 0 Å². The highest BCUT2D eigenvalue weighted by molar-refractivity contribution is 5.08. The largest absolute Gasteiger partial charge is 0.478 e. The molecule has 0 aromatic carbocycles. The van der Waals surface area contributed by atoms with Crippen molar-refractivity contribution in [1.82, 2.24) is 9.88 Å². The van der Waals surface area contributed by atoms with E-state index in [1.165, 1.54) is 0 Å². The molecule has 1 aliphatic rings. The molecule has 0 saturated carbocycles. The fraction of sp³-hybridized carbons (Fsp3) is 0.583. The Morgan fingerprint density at radius 1 is 1.44 bits per heavy atom. The van der Waals surface area contributed by atoms with Gasteiger partial charge >= 0.3 is 0 Å². The Kier molecular flexibility index (Phi) is 4.58. The maximum atomic E-state index is 5.51. The molecule has 1 aliphatic heterocycles. The van der Waals surface area contributed by atoms with Gasteiger partial charge < -0.3 is 9.47 Å². The van der Waals surface area contributed by atoms with Crippen LogP contribution < -0.4 is 4.74 Å². The Hall–Kier alpha value is -1.13. The van der Waals surface area contributed by atoms with E-state index in [2.05, 4.69) is 16.0 Å². The predicted molar refractivity (Wildman–Crippen MR) is 60.4 cm³/mol. The highest BCUT2D eigenvalue weighted by Gasteiger charge is 2.09. The maximum absolute atomic E-state index is 5.51. The zero-order valence-corrected chi connectivity index (χ0v) is 9.39. The zero-order valence-electron chi connectivity index (χ0n) is 9.39. The van der Waals surface area contributed by atoms with Crippen molar-refractivity contribution < 1.29 is 9.47 Å². The summed E-state index contributed by atoms with van der Waals surface area (Å²) in [7, 11) is 0. The summed E-state index contributed by atoms with van der Waals surface area (Å²) in [6.45, 7) is 5.58. The van der Waals surface area contributed by atoms with Gasteiger partial charge in [0.15, 0.2) is 0 Å². The van der Waals surface area contributed by atoms with E-state index in [1.54, 1.807) is 6.20 Å². The third-order valence-corrected chi connectivity index (χ3v) is 2.56. The molecule has 4 nitrogen and oxygen atoms in total. The summed E-state index contributed by atoms with van der Waals surface area (Å²) >= 11 is 0. The number of hydrogen-bond donors (Lipinski definition) is 0. The minimum Gasteiger partial charge on any atom is -0.478 e. The monoisotopic (exact) mass is 221 g/mol. The molecule has 0 spiro atoms. The molecule has 4 heteroatoms. The van der Waals surface area contributed by atoms with Crippen molar-refractivity contribution in [3.05, 3.63) is 24.4 Å². The summed E-state index contributed by atoms with van der Waals surface area (Å²) in [5.41, 5.74) is 0. The van der Waals surface area contributed by atoms with E-state index in [1.807, 2.05) is 12.1 Å². The van der Waals surface area contributed by atoms with Gasteiger partial charge in [0.05, 0.1) is 19.8 Å². The Labute approximate surface area is 96.2 Å². The van der Waals surface area contributed by atoms with Crippen LogP contribution in [0, 0.1) is 6.07 Å². The number of morpholine rings is 1. The minimum atomic E-state index is 0.681. The third kappa shape index (κ3) is 3.79. The van der Waals surface area contributed by atoms with Crippen LogP contribution in [-0.4, -0.2) is 49.3 Å². The lowest BCUT2D eigenvalue weighted by Gasteiger charge is -2.26. The number of hydrogen-bond acceptors (Lipinski definition) is 4. The fourth-order valence-electron chi connectivity index (χ4n) is 1.68. The smallest absolute Gasteiger partial charge is 0.213 e. The molecular formula is C12H17N2O2. The van der Waals surface area contributed by atoms with E-state index < -0.39 is 0 Å². The quantitative estimate of drug-likeness (QED) is 0.694. The van der Waals surface area contributed by atoms with Crippen molar-refractivity contribution in [2.75, 3.05) is 39.5 Å². The van der Waals surface area contributed by atoms with Crippen LogP contribution in [0.3, 0.4) is 0 Å². The van der Waals surface area contributed by atoms with Gasteiger partial charge in [0.2, 0.25) is 5.88 Å². The number of ether oxygens (including phenoxy) is 2. The molecule has 1 saturated heterocycles. The highest BCUT2D eigenvalue weighted by atomic mass is 16.5. The number of rotatable bonds is 5. The molecule has 1 aromatic heterocycles. The molecule has 0 atom stereocenters. The predicted octanol–water partition coefficient (Wildman–Crippen LogP) is 0.983. The van der Waals surface area contributed by atoms with Crippen LogP contribution in [0.25, 0.3) is 0 Å². The Morgan fingerprint density at radius 2 is 2.31 bits per heavy atom. The van der Waals surface area contributed by atoms with Gasteiger partial charge in [-0.1, -0.05) is 0 Å². The number of nitrogens with zero attached hydrogens (tertiary/aromatic N) is 2. The molecule has 87 valence electrons. The SMILES string of the molecule is [c]1ccc(OCCCN2CCOCC2)nc1. The second kappa shape index (κ2) is 6.45. The van der Waals surface area contributed by atoms with Crippen molar-refractivity contribution in [3.63, 3.8) is 0 Å². The van der Waals surface area contributed by atoms with Gasteiger partial charge in [-0.25, -0.2) is 4.98 Å². The first-order valence-corrected chi connectivity index (χ1v) is 5.70. The van der Waals surface area contributed by atoms with Gasteiger partial charge in [0, 0.05) is 38.0 Å². The minimum absolute atomic E-state index is 0.681. The lowest BCUT2D eigenvalue weighted by atomic mass is 10.3. The number of pyridine rings is 1. The molecule has 0 unspecified atom stereocenters. The van der Waals surface area contributed by atoms with Gasteiger partial charge in [0.1, 0.15) is 0 Å². The van der Waals surface area contributed by atoms with E-state index in [-0.39, 0.29) is 0 Å². The topological polar surface area (TPSA) is 34.6 Å². The summed E-state index contributed by atoms with van der Waals surface area (Å²) in [6, 6.07) is 6.50. The van der Waals surface area contributed by atoms with Crippen molar-refractivity contribution in [3.8, 4) is 5.88 Å². The van der Waals surface area contributed by atoms with E-state index in [0.29, 0.717) is 12.5 Å². The van der Waals surface area contributed by atoms with Crippen LogP contribution in [-0.2, 0) is 4.74 Å². The number of aromatic nitrogens is 1. The van der Waals surface area contributed by atoms with E-state index in [9.17, 15) is 0 Å². The maximum Gasteiger partial charge on any atom is 0.213 e. The van der Waals surface area contributed by atoms with Crippen molar-refractivity contribution >= 4 is 0 Å². The molecule has 0 aliphatic carbocycles. The van der Waals surface area contributed by atoms with Crippen LogP contribution in [0.15, 0.2) is 18.3 Å². The summed E-state index contributed by atoms with van der Waals surface area (Å²) in [5.74, 6) is 0.681. The van der Waals surface area contributed by atoms with Crippen LogP contribution in [0.1, 0.15) is 6.42 Å². The van der Waals surface area contributed by atoms with E-state index in [4.69, 9.17) is 9.47 Å². The fourth-order valence-corrected chi connectivity index (χ4v) is 1.68. The van der Waals surface area contributed by atoms with Crippen LogP contribution in [0.4, 0.5) is 0 Å². The molecule has 1 fully saturated rings.